The number of thiazole rings is 1. The molecule has 138 valence electrons. The standard InChI is InChI=1S/C19H25N5OS/c1-23-9-16(20-11-23)13-7-24(8-14(13)19(25)21-12-5-6-12)10-18-22-15-3-2-4-17(15)26-18/h9,11-14H,2-8,10H2,1H3,(H,21,25)/t13-,14-/m1/s1. The number of aryl methyl sites for hydroxylation is 3. The molecular weight excluding hydrogens is 346 g/mol. The van der Waals surface area contributed by atoms with E-state index in [2.05, 4.69) is 21.4 Å². The molecule has 0 bridgehead atoms. The number of imidazole rings is 1. The molecule has 26 heavy (non-hydrogen) atoms. The topological polar surface area (TPSA) is 63.1 Å². The second kappa shape index (κ2) is 6.46. The lowest BCUT2D eigenvalue weighted by atomic mass is 9.92. The second-order valence-corrected chi connectivity index (χ2v) is 9.15. The lowest BCUT2D eigenvalue weighted by Gasteiger charge is -2.16. The van der Waals surface area contributed by atoms with Crippen molar-refractivity contribution >= 4 is 17.2 Å². The Hall–Kier alpha value is -1.73. The third-order valence-corrected chi connectivity index (χ3v) is 6.90. The van der Waals surface area contributed by atoms with E-state index in [0.717, 1.165) is 44.6 Å². The smallest absolute Gasteiger partial charge is 0.225 e. The van der Waals surface area contributed by atoms with Crippen molar-refractivity contribution in [1.29, 1.82) is 0 Å². The summed E-state index contributed by atoms with van der Waals surface area (Å²) >= 11 is 1.87. The third kappa shape index (κ3) is 3.18. The number of hydrogen-bond donors (Lipinski definition) is 1. The van der Waals surface area contributed by atoms with Crippen molar-refractivity contribution in [3.05, 3.63) is 33.8 Å². The Kier molecular flexibility index (Phi) is 4.09. The molecule has 7 heteroatoms. The maximum Gasteiger partial charge on any atom is 0.225 e. The molecule has 0 unspecified atom stereocenters. The highest BCUT2D eigenvalue weighted by molar-refractivity contribution is 7.11. The van der Waals surface area contributed by atoms with Gasteiger partial charge in [-0.1, -0.05) is 0 Å². The molecule has 1 saturated carbocycles. The molecule has 0 aromatic carbocycles. The average Bonchev–Trinajstić information content (AvgIpc) is 3.00. The Morgan fingerprint density at radius 2 is 2.23 bits per heavy atom. The fourth-order valence-electron chi connectivity index (χ4n) is 4.24. The summed E-state index contributed by atoms with van der Waals surface area (Å²) in [6, 6.07) is 0.405. The summed E-state index contributed by atoms with van der Waals surface area (Å²) in [7, 11) is 1.99. The summed E-state index contributed by atoms with van der Waals surface area (Å²) in [4.78, 5) is 26.1. The minimum Gasteiger partial charge on any atom is -0.353 e. The highest BCUT2D eigenvalue weighted by Crippen LogP contribution is 2.35. The molecule has 6 nitrogen and oxygen atoms in total. The van der Waals surface area contributed by atoms with Crippen LogP contribution in [0.2, 0.25) is 0 Å². The van der Waals surface area contributed by atoms with Crippen LogP contribution in [-0.4, -0.2) is 44.5 Å². The quantitative estimate of drug-likeness (QED) is 0.871. The zero-order valence-electron chi connectivity index (χ0n) is 15.1. The molecule has 1 aliphatic heterocycles. The van der Waals surface area contributed by atoms with Crippen molar-refractivity contribution in [1.82, 2.24) is 24.8 Å². The number of amides is 1. The van der Waals surface area contributed by atoms with E-state index in [9.17, 15) is 4.79 Å². The van der Waals surface area contributed by atoms with Crippen molar-refractivity contribution in [3.63, 3.8) is 0 Å². The van der Waals surface area contributed by atoms with Crippen molar-refractivity contribution in [2.45, 2.75) is 50.6 Å². The largest absolute Gasteiger partial charge is 0.353 e. The lowest BCUT2D eigenvalue weighted by Crippen LogP contribution is -2.36. The van der Waals surface area contributed by atoms with Crippen LogP contribution >= 0.6 is 11.3 Å². The number of fused-ring (bicyclic) bond motifs is 1. The van der Waals surface area contributed by atoms with Gasteiger partial charge in [-0.05, 0) is 32.1 Å². The molecule has 2 atom stereocenters. The van der Waals surface area contributed by atoms with Crippen LogP contribution in [0.1, 0.15) is 46.5 Å². The average molecular weight is 372 g/mol. The van der Waals surface area contributed by atoms with E-state index in [4.69, 9.17) is 4.98 Å². The van der Waals surface area contributed by atoms with E-state index in [1.54, 1.807) is 0 Å². The number of hydrogen-bond acceptors (Lipinski definition) is 5. The van der Waals surface area contributed by atoms with Crippen molar-refractivity contribution in [2.24, 2.45) is 13.0 Å². The number of nitrogens with zero attached hydrogens (tertiary/aromatic N) is 4. The van der Waals surface area contributed by atoms with Crippen LogP contribution in [-0.2, 0) is 31.2 Å². The van der Waals surface area contributed by atoms with Crippen molar-refractivity contribution in [2.75, 3.05) is 13.1 Å². The zero-order chi connectivity index (χ0) is 17.7. The van der Waals surface area contributed by atoms with E-state index in [1.165, 1.54) is 28.4 Å². The van der Waals surface area contributed by atoms with Crippen molar-refractivity contribution < 1.29 is 4.79 Å². The van der Waals surface area contributed by atoms with Gasteiger partial charge in [0.1, 0.15) is 5.01 Å². The van der Waals surface area contributed by atoms with E-state index in [0.29, 0.717) is 6.04 Å². The second-order valence-electron chi connectivity index (χ2n) is 7.98. The van der Waals surface area contributed by atoms with Crippen LogP contribution in [0.4, 0.5) is 0 Å². The lowest BCUT2D eigenvalue weighted by molar-refractivity contribution is -0.125. The first-order chi connectivity index (χ1) is 12.7. The molecule has 0 spiro atoms. The maximum absolute atomic E-state index is 12.8. The van der Waals surface area contributed by atoms with Crippen LogP contribution in [0.15, 0.2) is 12.5 Å². The Morgan fingerprint density at radius 1 is 1.35 bits per heavy atom. The van der Waals surface area contributed by atoms with Crippen LogP contribution in [0.25, 0.3) is 0 Å². The minimum atomic E-state index is -0.0164. The van der Waals surface area contributed by atoms with Crippen LogP contribution in [0, 0.1) is 5.92 Å². The predicted octanol–water partition coefficient (Wildman–Crippen LogP) is 1.86. The zero-order valence-corrected chi connectivity index (χ0v) is 16.0. The molecule has 2 fully saturated rings. The SMILES string of the molecule is Cn1cnc([C@@H]2CN(Cc3nc4c(s3)CCC4)C[C@H]2C(=O)NC2CC2)c1. The number of likely N-dealkylation sites (tertiary alicyclic amines) is 1. The molecule has 2 aliphatic carbocycles. The molecule has 2 aromatic heterocycles. The summed E-state index contributed by atoms with van der Waals surface area (Å²) in [5, 5.41) is 4.41. The third-order valence-electron chi connectivity index (χ3n) is 5.76. The first-order valence-corrected chi connectivity index (χ1v) is 10.5. The van der Waals surface area contributed by atoms with Gasteiger partial charge in [0, 0.05) is 43.2 Å². The molecule has 0 radical (unpaired) electrons. The van der Waals surface area contributed by atoms with E-state index < -0.39 is 0 Å². The molecule has 5 rings (SSSR count). The summed E-state index contributed by atoms with van der Waals surface area (Å²) in [6.45, 7) is 2.53. The number of carbonyl (C=O) groups excluding carboxylic acids is 1. The minimum absolute atomic E-state index is 0.0164. The van der Waals surface area contributed by atoms with Crippen LogP contribution in [0.5, 0.6) is 0 Å². The van der Waals surface area contributed by atoms with E-state index in [1.807, 2.05) is 29.3 Å². The van der Waals surface area contributed by atoms with Gasteiger partial charge in [0.2, 0.25) is 5.91 Å². The number of nitrogens with one attached hydrogen (secondary N) is 1. The van der Waals surface area contributed by atoms with Gasteiger partial charge in [-0.15, -0.1) is 11.3 Å². The predicted molar refractivity (Wildman–Crippen MR) is 100 cm³/mol. The summed E-state index contributed by atoms with van der Waals surface area (Å²) in [5.74, 6) is 0.353. The summed E-state index contributed by atoms with van der Waals surface area (Å²) in [6.07, 6.45) is 9.72. The van der Waals surface area contributed by atoms with Crippen LogP contribution < -0.4 is 5.32 Å². The van der Waals surface area contributed by atoms with Gasteiger partial charge in [0.25, 0.3) is 0 Å². The van der Waals surface area contributed by atoms with Crippen LogP contribution in [0.3, 0.4) is 0 Å². The Labute approximate surface area is 157 Å². The summed E-state index contributed by atoms with van der Waals surface area (Å²) in [5.41, 5.74) is 2.35. The molecular formula is C19H25N5OS. The molecule has 3 aliphatic rings. The van der Waals surface area contributed by atoms with Crippen molar-refractivity contribution in [3.8, 4) is 0 Å². The van der Waals surface area contributed by atoms with E-state index >= 15 is 0 Å². The molecule has 1 N–H and O–H groups in total. The Bertz CT molecular complexity index is 802. The monoisotopic (exact) mass is 371 g/mol. The van der Waals surface area contributed by atoms with Gasteiger partial charge in [-0.3, -0.25) is 9.69 Å². The highest BCUT2D eigenvalue weighted by atomic mass is 32.1. The fraction of sp³-hybridized carbons (Fsp3) is 0.632. The molecule has 1 saturated heterocycles. The molecule has 2 aromatic rings. The number of carbonyl (C=O) groups is 1. The van der Waals surface area contributed by atoms with Gasteiger partial charge >= 0.3 is 0 Å². The van der Waals surface area contributed by atoms with Gasteiger partial charge in [-0.25, -0.2) is 9.97 Å². The first kappa shape index (κ1) is 16.4. The number of rotatable bonds is 5. The Balaban J connectivity index is 1.33. The van der Waals surface area contributed by atoms with Gasteiger partial charge in [0.15, 0.2) is 0 Å². The normalized spacial score (nSPS) is 25.6. The summed E-state index contributed by atoms with van der Waals surface area (Å²) < 4.78 is 1.97. The fourth-order valence-corrected chi connectivity index (χ4v) is 5.44. The molecule has 1 amide bonds. The van der Waals surface area contributed by atoms with E-state index in [-0.39, 0.29) is 17.7 Å². The Morgan fingerprint density at radius 3 is 2.96 bits per heavy atom. The number of aromatic nitrogens is 3. The van der Waals surface area contributed by atoms with Gasteiger partial charge in [0.05, 0.1) is 30.2 Å². The first-order valence-electron chi connectivity index (χ1n) is 9.64. The molecule has 3 heterocycles. The maximum atomic E-state index is 12.8. The highest BCUT2D eigenvalue weighted by Gasteiger charge is 2.41. The van der Waals surface area contributed by atoms with Gasteiger partial charge < -0.3 is 9.88 Å². The van der Waals surface area contributed by atoms with Gasteiger partial charge in [-0.2, -0.15) is 0 Å².